The molecule has 7 atom stereocenters. The fourth-order valence-electron chi connectivity index (χ4n) is 6.40. The lowest BCUT2D eigenvalue weighted by molar-refractivity contribution is -0.156. The summed E-state index contributed by atoms with van der Waals surface area (Å²) in [5.41, 5.74) is 1.17. The molecule has 3 fully saturated rings. The first-order valence-corrected chi connectivity index (χ1v) is 10.0. The van der Waals surface area contributed by atoms with Crippen LogP contribution in [0.25, 0.3) is 0 Å². The second kappa shape index (κ2) is 6.94. The molecule has 4 nitrogen and oxygen atoms in total. The fraction of sp³-hybridized carbons (Fsp3) is 0.773. The number of fused-ring (bicyclic) bond motifs is 1. The third-order valence-corrected chi connectivity index (χ3v) is 8.16. The van der Waals surface area contributed by atoms with Crippen molar-refractivity contribution in [3.05, 3.63) is 12.2 Å². The van der Waals surface area contributed by atoms with Gasteiger partial charge in [-0.15, -0.1) is 0 Å². The van der Waals surface area contributed by atoms with Gasteiger partial charge in [0, 0.05) is 18.8 Å². The van der Waals surface area contributed by atoms with Crippen molar-refractivity contribution in [3.8, 4) is 0 Å². The van der Waals surface area contributed by atoms with Crippen LogP contribution in [-0.4, -0.2) is 24.6 Å². The summed E-state index contributed by atoms with van der Waals surface area (Å²) in [4.78, 5) is 35.4. The zero-order valence-corrected chi connectivity index (χ0v) is 16.3. The highest BCUT2D eigenvalue weighted by atomic mass is 16.5. The zero-order valence-electron chi connectivity index (χ0n) is 16.3. The van der Waals surface area contributed by atoms with Crippen LogP contribution in [0.4, 0.5) is 0 Å². The molecule has 0 aromatic rings. The normalized spacial score (nSPS) is 45.7. The lowest BCUT2D eigenvalue weighted by Crippen LogP contribution is -2.51. The van der Waals surface area contributed by atoms with E-state index in [1.54, 1.807) is 0 Å². The van der Waals surface area contributed by atoms with Crippen molar-refractivity contribution in [2.45, 2.75) is 71.8 Å². The molecule has 0 heterocycles. The van der Waals surface area contributed by atoms with Crippen LogP contribution in [0.2, 0.25) is 0 Å². The molecule has 0 aromatic heterocycles. The van der Waals surface area contributed by atoms with Gasteiger partial charge in [-0.3, -0.25) is 4.79 Å². The molecule has 0 bridgehead atoms. The van der Waals surface area contributed by atoms with Gasteiger partial charge in [-0.1, -0.05) is 26.0 Å². The van der Waals surface area contributed by atoms with Gasteiger partial charge in [-0.05, 0) is 67.6 Å². The van der Waals surface area contributed by atoms with Crippen molar-refractivity contribution in [3.63, 3.8) is 0 Å². The maximum absolute atomic E-state index is 12.2. The van der Waals surface area contributed by atoms with Gasteiger partial charge in [0.1, 0.15) is 18.7 Å². The summed E-state index contributed by atoms with van der Waals surface area (Å²) in [5, 5.41) is 0. The van der Waals surface area contributed by atoms with E-state index in [-0.39, 0.29) is 40.7 Å². The van der Waals surface area contributed by atoms with Crippen molar-refractivity contribution in [2.24, 2.45) is 34.5 Å². The average molecular weight is 360 g/mol. The molecule has 144 valence electrons. The number of rotatable bonds is 4. The van der Waals surface area contributed by atoms with Gasteiger partial charge in [0.05, 0.1) is 0 Å². The van der Waals surface area contributed by atoms with Gasteiger partial charge in [-0.2, -0.15) is 0 Å². The van der Waals surface area contributed by atoms with E-state index in [4.69, 9.17) is 4.74 Å². The SMILES string of the molecule is C=C1CC[C@H]2[C@H](C=O)[C@@H]([C@@]3(C)CC[C@H](OC(C)=O)C[C@@H]3C=O)CC[C@]12C. The van der Waals surface area contributed by atoms with Crippen LogP contribution in [0.5, 0.6) is 0 Å². The van der Waals surface area contributed by atoms with Crippen LogP contribution < -0.4 is 0 Å². The Balaban J connectivity index is 1.85. The number of aldehydes is 2. The van der Waals surface area contributed by atoms with Crippen LogP contribution in [0.3, 0.4) is 0 Å². The summed E-state index contributed by atoms with van der Waals surface area (Å²) < 4.78 is 5.38. The van der Waals surface area contributed by atoms with Gasteiger partial charge in [-0.25, -0.2) is 0 Å². The molecule has 0 unspecified atom stereocenters. The molecule has 3 aliphatic rings. The lowest BCUT2D eigenvalue weighted by atomic mass is 9.49. The highest BCUT2D eigenvalue weighted by Gasteiger charge is 2.57. The van der Waals surface area contributed by atoms with Crippen molar-refractivity contribution < 1.29 is 19.1 Å². The summed E-state index contributed by atoms with van der Waals surface area (Å²) in [6, 6.07) is 0. The summed E-state index contributed by atoms with van der Waals surface area (Å²) in [7, 11) is 0. The second-order valence-corrected chi connectivity index (χ2v) is 9.28. The summed E-state index contributed by atoms with van der Waals surface area (Å²) in [6.45, 7) is 10.2. The third-order valence-electron chi connectivity index (χ3n) is 8.16. The van der Waals surface area contributed by atoms with Gasteiger partial charge < -0.3 is 14.3 Å². The van der Waals surface area contributed by atoms with Gasteiger partial charge in [0.25, 0.3) is 0 Å². The van der Waals surface area contributed by atoms with Crippen molar-refractivity contribution in [2.75, 3.05) is 0 Å². The molecule has 0 N–H and O–H groups in total. The van der Waals surface area contributed by atoms with Crippen LogP contribution in [0, 0.1) is 34.5 Å². The first-order chi connectivity index (χ1) is 12.3. The Morgan fingerprint density at radius 1 is 1.12 bits per heavy atom. The van der Waals surface area contributed by atoms with E-state index in [2.05, 4.69) is 20.4 Å². The van der Waals surface area contributed by atoms with Crippen LogP contribution in [-0.2, 0) is 19.1 Å². The van der Waals surface area contributed by atoms with Crippen LogP contribution in [0.15, 0.2) is 12.2 Å². The van der Waals surface area contributed by atoms with E-state index < -0.39 is 0 Å². The average Bonchev–Trinajstić information content (AvgIpc) is 2.90. The molecule has 0 aliphatic heterocycles. The van der Waals surface area contributed by atoms with E-state index >= 15 is 0 Å². The first-order valence-electron chi connectivity index (χ1n) is 10.0. The monoisotopic (exact) mass is 360 g/mol. The molecule has 0 spiro atoms. The van der Waals surface area contributed by atoms with E-state index in [9.17, 15) is 14.4 Å². The highest BCUT2D eigenvalue weighted by molar-refractivity contribution is 5.66. The number of ether oxygens (including phenoxy) is 1. The predicted molar refractivity (Wildman–Crippen MR) is 99.3 cm³/mol. The molecule has 3 aliphatic carbocycles. The topological polar surface area (TPSA) is 60.4 Å². The molecule has 0 amide bonds. The molecular weight excluding hydrogens is 328 g/mol. The number of hydrogen-bond donors (Lipinski definition) is 0. The van der Waals surface area contributed by atoms with Crippen LogP contribution >= 0.6 is 0 Å². The minimum atomic E-state index is -0.285. The number of hydrogen-bond acceptors (Lipinski definition) is 4. The third kappa shape index (κ3) is 2.95. The standard InChI is InChI=1S/C22H32O4/c1-14-5-6-19-18(13-24)20(8-10-21(14,19)3)22(4)9-7-17(26-15(2)25)11-16(22)12-23/h12-13,16-20H,1,5-11H2,2-4H3/t16-,17+,18+,19+,20+,21-,22+/m1/s1. The van der Waals surface area contributed by atoms with Gasteiger partial charge >= 0.3 is 5.97 Å². The van der Waals surface area contributed by atoms with Crippen molar-refractivity contribution >= 4 is 18.5 Å². The molecule has 3 rings (SSSR count). The summed E-state index contributed by atoms with van der Waals surface area (Å²) in [5.74, 6) is 0.110. The minimum Gasteiger partial charge on any atom is -0.463 e. The maximum Gasteiger partial charge on any atom is 0.302 e. The largest absolute Gasteiger partial charge is 0.463 e. The first kappa shape index (κ1) is 19.3. The van der Waals surface area contributed by atoms with Gasteiger partial charge in [0.15, 0.2) is 0 Å². The number of esters is 1. The summed E-state index contributed by atoms with van der Waals surface area (Å²) in [6.07, 6.45) is 8.28. The molecule has 0 radical (unpaired) electrons. The number of carbonyl (C=O) groups is 3. The number of carbonyl (C=O) groups excluding carboxylic acids is 3. The molecule has 26 heavy (non-hydrogen) atoms. The minimum absolute atomic E-state index is 0.00859. The van der Waals surface area contributed by atoms with Crippen molar-refractivity contribution in [1.82, 2.24) is 0 Å². The Labute approximate surface area is 156 Å². The molecule has 3 saturated carbocycles. The predicted octanol–water partition coefficient (Wildman–Crippen LogP) is 4.12. The van der Waals surface area contributed by atoms with E-state index in [1.807, 2.05) is 0 Å². The van der Waals surface area contributed by atoms with E-state index in [1.165, 1.54) is 12.5 Å². The fourth-order valence-corrected chi connectivity index (χ4v) is 6.40. The smallest absolute Gasteiger partial charge is 0.302 e. The molecule has 0 aromatic carbocycles. The second-order valence-electron chi connectivity index (χ2n) is 9.28. The zero-order chi connectivity index (χ0) is 19.1. The molecule has 4 heteroatoms. The Kier molecular flexibility index (Phi) is 5.15. The van der Waals surface area contributed by atoms with Crippen LogP contribution in [0.1, 0.15) is 65.7 Å². The Morgan fingerprint density at radius 3 is 2.46 bits per heavy atom. The maximum atomic E-state index is 12.2. The quantitative estimate of drug-likeness (QED) is 0.430. The summed E-state index contributed by atoms with van der Waals surface area (Å²) >= 11 is 0. The van der Waals surface area contributed by atoms with Crippen molar-refractivity contribution in [1.29, 1.82) is 0 Å². The lowest BCUT2D eigenvalue weighted by Gasteiger charge is -2.54. The Hall–Kier alpha value is -1.45. The Bertz CT molecular complexity index is 611. The molecular formula is C22H32O4. The molecule has 0 saturated heterocycles. The van der Waals surface area contributed by atoms with E-state index in [0.29, 0.717) is 12.3 Å². The Morgan fingerprint density at radius 2 is 1.85 bits per heavy atom. The highest BCUT2D eigenvalue weighted by Crippen LogP contribution is 2.62. The van der Waals surface area contributed by atoms with Gasteiger partial charge in [0.2, 0.25) is 0 Å². The van der Waals surface area contributed by atoms with E-state index in [0.717, 1.165) is 51.1 Å². The number of allylic oxidation sites excluding steroid dienone is 1.